The van der Waals surface area contributed by atoms with E-state index < -0.39 is 0 Å². The number of rotatable bonds is 0. The molecule has 3 rings (SSSR count). The standard InChI is InChI=1S/C12H10O3/c13-11-8-4-1-2-5-9(8)15-10-6-3-7-14-12(10)11/h1-2,4-5H,3,6-7H2. The van der Waals surface area contributed by atoms with Gasteiger partial charge in [0.25, 0.3) is 0 Å². The van der Waals surface area contributed by atoms with Crippen molar-refractivity contribution in [1.82, 2.24) is 0 Å². The van der Waals surface area contributed by atoms with Crippen LogP contribution in [-0.4, -0.2) is 6.61 Å². The molecule has 0 saturated carbocycles. The van der Waals surface area contributed by atoms with Gasteiger partial charge in [-0.1, -0.05) is 12.1 Å². The molecule has 0 aliphatic carbocycles. The Hall–Kier alpha value is -1.77. The van der Waals surface area contributed by atoms with Crippen LogP contribution in [0.5, 0.6) is 5.75 Å². The molecule has 76 valence electrons. The molecule has 2 aromatic rings. The fraction of sp³-hybridized carbons (Fsp3) is 0.250. The minimum absolute atomic E-state index is 0.0495. The lowest BCUT2D eigenvalue weighted by atomic mass is 10.1. The highest BCUT2D eigenvalue weighted by Gasteiger charge is 2.18. The van der Waals surface area contributed by atoms with Crippen molar-refractivity contribution in [2.75, 3.05) is 6.61 Å². The van der Waals surface area contributed by atoms with Gasteiger partial charge in [0.05, 0.1) is 12.0 Å². The fourth-order valence-electron chi connectivity index (χ4n) is 1.89. The van der Waals surface area contributed by atoms with Crippen LogP contribution in [0.2, 0.25) is 0 Å². The van der Waals surface area contributed by atoms with E-state index in [9.17, 15) is 4.79 Å². The van der Waals surface area contributed by atoms with Gasteiger partial charge in [-0.15, -0.1) is 0 Å². The summed E-state index contributed by atoms with van der Waals surface area (Å²) in [7, 11) is 0. The van der Waals surface area contributed by atoms with Crippen molar-refractivity contribution in [3.8, 4) is 5.75 Å². The van der Waals surface area contributed by atoms with Gasteiger partial charge < -0.3 is 9.15 Å². The van der Waals surface area contributed by atoms with E-state index in [1.54, 1.807) is 6.07 Å². The summed E-state index contributed by atoms with van der Waals surface area (Å²) in [5.41, 5.74) is 0.596. The van der Waals surface area contributed by atoms with Crippen molar-refractivity contribution in [2.24, 2.45) is 0 Å². The van der Waals surface area contributed by atoms with Crippen LogP contribution in [0.4, 0.5) is 0 Å². The van der Waals surface area contributed by atoms with Crippen LogP contribution in [0.1, 0.15) is 12.2 Å². The van der Waals surface area contributed by atoms with Gasteiger partial charge in [-0.3, -0.25) is 4.79 Å². The van der Waals surface area contributed by atoms with Crippen molar-refractivity contribution in [1.29, 1.82) is 0 Å². The molecule has 0 radical (unpaired) electrons. The van der Waals surface area contributed by atoms with E-state index in [1.165, 1.54) is 0 Å². The van der Waals surface area contributed by atoms with Gasteiger partial charge in [0.1, 0.15) is 5.58 Å². The highest BCUT2D eigenvalue weighted by Crippen LogP contribution is 2.24. The summed E-state index contributed by atoms with van der Waals surface area (Å²) in [6.45, 7) is 0.607. The summed E-state index contributed by atoms with van der Waals surface area (Å²) in [6.07, 6.45) is 1.70. The average molecular weight is 202 g/mol. The molecule has 2 heterocycles. The number of para-hydroxylation sites is 1. The number of ether oxygens (including phenoxy) is 1. The SMILES string of the molecule is O=c1c2c(oc3ccccc13)CCCO2. The highest BCUT2D eigenvalue weighted by molar-refractivity contribution is 5.77. The van der Waals surface area contributed by atoms with E-state index in [2.05, 4.69) is 0 Å². The molecule has 0 amide bonds. The first-order valence-electron chi connectivity index (χ1n) is 5.04. The third-order valence-corrected chi connectivity index (χ3v) is 2.62. The van der Waals surface area contributed by atoms with Gasteiger partial charge in [0.2, 0.25) is 11.2 Å². The molecular weight excluding hydrogens is 192 g/mol. The summed E-state index contributed by atoms with van der Waals surface area (Å²) >= 11 is 0. The van der Waals surface area contributed by atoms with Gasteiger partial charge in [-0.25, -0.2) is 0 Å². The maximum Gasteiger partial charge on any atom is 0.234 e. The molecular formula is C12H10O3. The number of hydrogen-bond acceptors (Lipinski definition) is 3. The molecule has 1 aromatic carbocycles. The molecule has 3 heteroatoms. The van der Waals surface area contributed by atoms with Gasteiger partial charge in [0.15, 0.2) is 5.76 Å². The predicted molar refractivity (Wildman–Crippen MR) is 56.3 cm³/mol. The molecule has 0 spiro atoms. The summed E-state index contributed by atoms with van der Waals surface area (Å²) < 4.78 is 11.0. The van der Waals surface area contributed by atoms with Crippen LogP contribution in [0.15, 0.2) is 33.5 Å². The van der Waals surface area contributed by atoms with Crippen LogP contribution in [0.3, 0.4) is 0 Å². The van der Waals surface area contributed by atoms with Gasteiger partial charge in [0, 0.05) is 6.42 Å². The molecule has 0 unspecified atom stereocenters. The lowest BCUT2D eigenvalue weighted by molar-refractivity contribution is 0.262. The van der Waals surface area contributed by atoms with Crippen LogP contribution < -0.4 is 10.2 Å². The van der Waals surface area contributed by atoms with E-state index in [1.807, 2.05) is 18.2 Å². The van der Waals surface area contributed by atoms with Crippen molar-refractivity contribution < 1.29 is 9.15 Å². The van der Waals surface area contributed by atoms with Crippen molar-refractivity contribution in [2.45, 2.75) is 12.8 Å². The molecule has 1 aliphatic heterocycles. The topological polar surface area (TPSA) is 39.4 Å². The van der Waals surface area contributed by atoms with Crippen LogP contribution in [0, 0.1) is 0 Å². The first-order chi connectivity index (χ1) is 7.36. The molecule has 0 saturated heterocycles. The van der Waals surface area contributed by atoms with Crippen LogP contribution >= 0.6 is 0 Å². The molecule has 0 bridgehead atoms. The van der Waals surface area contributed by atoms with Crippen molar-refractivity contribution >= 4 is 11.0 Å². The zero-order valence-electron chi connectivity index (χ0n) is 8.16. The number of hydrogen-bond donors (Lipinski definition) is 0. The number of benzene rings is 1. The minimum atomic E-state index is -0.0495. The Bertz CT molecular complexity index is 569. The predicted octanol–water partition coefficient (Wildman–Crippen LogP) is 2.12. The summed E-state index contributed by atoms with van der Waals surface area (Å²) in [4.78, 5) is 12.0. The third kappa shape index (κ3) is 1.23. The zero-order valence-corrected chi connectivity index (χ0v) is 8.16. The van der Waals surface area contributed by atoms with Crippen molar-refractivity contribution in [3.63, 3.8) is 0 Å². The molecule has 1 aliphatic rings. The largest absolute Gasteiger partial charge is 0.486 e. The van der Waals surface area contributed by atoms with E-state index in [-0.39, 0.29) is 5.43 Å². The van der Waals surface area contributed by atoms with E-state index in [0.717, 1.165) is 12.8 Å². The maximum absolute atomic E-state index is 12.0. The minimum Gasteiger partial charge on any atom is -0.486 e. The second-order valence-corrected chi connectivity index (χ2v) is 3.63. The van der Waals surface area contributed by atoms with Crippen LogP contribution in [-0.2, 0) is 6.42 Å². The zero-order chi connectivity index (χ0) is 10.3. The van der Waals surface area contributed by atoms with Gasteiger partial charge >= 0.3 is 0 Å². The Balaban J connectivity index is 2.41. The molecule has 15 heavy (non-hydrogen) atoms. The Morgan fingerprint density at radius 2 is 2.07 bits per heavy atom. The maximum atomic E-state index is 12.0. The average Bonchev–Trinajstić information content (AvgIpc) is 2.30. The molecule has 3 nitrogen and oxygen atoms in total. The second kappa shape index (κ2) is 3.12. The molecule has 0 N–H and O–H groups in total. The smallest absolute Gasteiger partial charge is 0.234 e. The van der Waals surface area contributed by atoms with Gasteiger partial charge in [-0.2, -0.15) is 0 Å². The summed E-state index contributed by atoms with van der Waals surface area (Å²) in [6, 6.07) is 7.26. The fourth-order valence-corrected chi connectivity index (χ4v) is 1.89. The highest BCUT2D eigenvalue weighted by atomic mass is 16.5. The van der Waals surface area contributed by atoms with Gasteiger partial charge in [-0.05, 0) is 18.6 Å². The normalized spacial score (nSPS) is 14.7. The summed E-state index contributed by atoms with van der Waals surface area (Å²) in [5, 5.41) is 0.596. The van der Waals surface area contributed by atoms with Crippen LogP contribution in [0.25, 0.3) is 11.0 Å². The quantitative estimate of drug-likeness (QED) is 0.656. The first kappa shape index (κ1) is 8.53. The second-order valence-electron chi connectivity index (χ2n) is 3.63. The van der Waals surface area contributed by atoms with E-state index in [0.29, 0.717) is 29.1 Å². The molecule has 0 fully saturated rings. The van der Waals surface area contributed by atoms with E-state index in [4.69, 9.17) is 9.15 Å². The van der Waals surface area contributed by atoms with Crippen molar-refractivity contribution in [3.05, 3.63) is 40.2 Å². The Labute approximate surface area is 86.3 Å². The first-order valence-corrected chi connectivity index (χ1v) is 5.04. The Morgan fingerprint density at radius 3 is 3.00 bits per heavy atom. The monoisotopic (exact) mass is 202 g/mol. The molecule has 0 atom stereocenters. The Morgan fingerprint density at radius 1 is 1.20 bits per heavy atom. The number of fused-ring (bicyclic) bond motifs is 2. The third-order valence-electron chi connectivity index (χ3n) is 2.62. The van der Waals surface area contributed by atoms with E-state index >= 15 is 0 Å². The molecule has 1 aromatic heterocycles. The lowest BCUT2D eigenvalue weighted by Gasteiger charge is -2.15. The Kier molecular flexibility index (Phi) is 1.78. The summed E-state index contributed by atoms with van der Waals surface area (Å²) in [5.74, 6) is 1.09. The lowest BCUT2D eigenvalue weighted by Crippen LogP contribution is -2.17. The number of aryl methyl sites for hydroxylation is 1.